The highest BCUT2D eigenvalue weighted by atomic mass is 32.1. The Kier molecular flexibility index (Phi) is 4.83. The standard InChI is InChI=1S/C17H20N2O3S/c1-17(11-21-12-17)10-18-16(20)19-13-4-6-14(7-5-13)22-9-15-3-2-8-23-15/h2-8H,9-12H2,1H3,(H2,18,19,20). The fourth-order valence-corrected chi connectivity index (χ4v) is 2.82. The van der Waals surface area contributed by atoms with Crippen molar-refractivity contribution in [1.29, 1.82) is 0 Å². The van der Waals surface area contributed by atoms with Crippen molar-refractivity contribution in [3.8, 4) is 5.75 Å². The molecule has 0 saturated carbocycles. The molecular weight excluding hydrogens is 312 g/mol. The Morgan fingerprint density at radius 2 is 2.09 bits per heavy atom. The number of carbonyl (C=O) groups excluding carboxylic acids is 1. The Labute approximate surface area is 139 Å². The van der Waals surface area contributed by atoms with Crippen molar-refractivity contribution in [1.82, 2.24) is 5.32 Å². The van der Waals surface area contributed by atoms with Crippen LogP contribution in [-0.2, 0) is 11.3 Å². The number of ether oxygens (including phenoxy) is 2. The van der Waals surface area contributed by atoms with E-state index in [2.05, 4.69) is 17.6 Å². The van der Waals surface area contributed by atoms with E-state index in [1.165, 1.54) is 4.88 Å². The van der Waals surface area contributed by atoms with Gasteiger partial charge < -0.3 is 20.1 Å². The molecule has 1 fully saturated rings. The summed E-state index contributed by atoms with van der Waals surface area (Å²) < 4.78 is 10.9. The second kappa shape index (κ2) is 7.02. The number of rotatable bonds is 6. The lowest BCUT2D eigenvalue weighted by Crippen LogP contribution is -2.49. The summed E-state index contributed by atoms with van der Waals surface area (Å²) in [5, 5.41) is 7.72. The molecular formula is C17H20N2O3S. The maximum Gasteiger partial charge on any atom is 0.319 e. The quantitative estimate of drug-likeness (QED) is 0.851. The summed E-state index contributed by atoms with van der Waals surface area (Å²) in [6.45, 7) is 4.66. The molecule has 0 aliphatic carbocycles. The molecule has 2 N–H and O–H groups in total. The molecule has 0 unspecified atom stereocenters. The van der Waals surface area contributed by atoms with Gasteiger partial charge in [0.15, 0.2) is 0 Å². The van der Waals surface area contributed by atoms with Crippen LogP contribution in [0.1, 0.15) is 11.8 Å². The topological polar surface area (TPSA) is 59.6 Å². The first-order valence-electron chi connectivity index (χ1n) is 7.51. The highest BCUT2D eigenvalue weighted by molar-refractivity contribution is 7.09. The molecule has 1 aliphatic heterocycles. The average molecular weight is 332 g/mol. The number of hydrogen-bond donors (Lipinski definition) is 2. The van der Waals surface area contributed by atoms with Crippen molar-refractivity contribution in [3.05, 3.63) is 46.7 Å². The molecule has 122 valence electrons. The summed E-state index contributed by atoms with van der Waals surface area (Å²) in [5.74, 6) is 0.781. The molecule has 1 aromatic heterocycles. The molecule has 0 radical (unpaired) electrons. The molecule has 2 amide bonds. The van der Waals surface area contributed by atoms with Gasteiger partial charge in [0.25, 0.3) is 0 Å². The zero-order valence-electron chi connectivity index (χ0n) is 13.0. The van der Waals surface area contributed by atoms with Gasteiger partial charge in [0.05, 0.1) is 13.2 Å². The van der Waals surface area contributed by atoms with Crippen molar-refractivity contribution in [2.75, 3.05) is 25.1 Å². The predicted octanol–water partition coefficient (Wildman–Crippen LogP) is 3.49. The Bertz CT molecular complexity index is 636. The second-order valence-electron chi connectivity index (χ2n) is 6.00. The van der Waals surface area contributed by atoms with Crippen molar-refractivity contribution in [3.63, 3.8) is 0 Å². The minimum atomic E-state index is -0.203. The van der Waals surface area contributed by atoms with Crippen LogP contribution in [0.2, 0.25) is 0 Å². The smallest absolute Gasteiger partial charge is 0.319 e. The molecule has 0 bridgehead atoms. The highest BCUT2D eigenvalue weighted by Crippen LogP contribution is 2.25. The minimum Gasteiger partial charge on any atom is -0.488 e. The minimum absolute atomic E-state index is 0.0663. The molecule has 1 aliphatic rings. The monoisotopic (exact) mass is 332 g/mol. The van der Waals surface area contributed by atoms with Gasteiger partial charge in [-0.1, -0.05) is 13.0 Å². The van der Waals surface area contributed by atoms with E-state index in [1.807, 2.05) is 41.8 Å². The average Bonchev–Trinajstić information content (AvgIpc) is 3.04. The van der Waals surface area contributed by atoms with Crippen molar-refractivity contribution in [2.45, 2.75) is 13.5 Å². The Morgan fingerprint density at radius 1 is 1.30 bits per heavy atom. The predicted molar refractivity (Wildman–Crippen MR) is 91.0 cm³/mol. The Hall–Kier alpha value is -2.05. The van der Waals surface area contributed by atoms with E-state index >= 15 is 0 Å². The van der Waals surface area contributed by atoms with Crippen molar-refractivity contribution < 1.29 is 14.3 Å². The molecule has 1 saturated heterocycles. The van der Waals surface area contributed by atoms with Crippen LogP contribution in [0.4, 0.5) is 10.5 Å². The van der Waals surface area contributed by atoms with E-state index < -0.39 is 0 Å². The van der Waals surface area contributed by atoms with Gasteiger partial charge in [-0.25, -0.2) is 4.79 Å². The van der Waals surface area contributed by atoms with Crippen molar-refractivity contribution >= 4 is 23.1 Å². The maximum absolute atomic E-state index is 11.9. The van der Waals surface area contributed by atoms with Crippen LogP contribution in [-0.4, -0.2) is 25.8 Å². The Balaban J connectivity index is 1.44. The van der Waals surface area contributed by atoms with Crippen LogP contribution < -0.4 is 15.4 Å². The molecule has 2 aromatic rings. The third kappa shape index (κ3) is 4.46. The number of carbonyl (C=O) groups is 1. The van der Waals surface area contributed by atoms with Crippen LogP contribution in [0.3, 0.4) is 0 Å². The van der Waals surface area contributed by atoms with Crippen LogP contribution in [0.25, 0.3) is 0 Å². The van der Waals surface area contributed by atoms with Crippen LogP contribution in [0.5, 0.6) is 5.75 Å². The van der Waals surface area contributed by atoms with E-state index in [0.29, 0.717) is 26.4 Å². The lowest BCUT2D eigenvalue weighted by molar-refractivity contribution is -0.0974. The summed E-state index contributed by atoms with van der Waals surface area (Å²) in [6, 6.07) is 11.2. The number of urea groups is 1. The largest absolute Gasteiger partial charge is 0.488 e. The van der Waals surface area contributed by atoms with E-state index in [1.54, 1.807) is 11.3 Å². The zero-order valence-corrected chi connectivity index (χ0v) is 13.8. The number of nitrogens with one attached hydrogen (secondary N) is 2. The summed E-state index contributed by atoms with van der Waals surface area (Å²) in [6.07, 6.45) is 0. The lowest BCUT2D eigenvalue weighted by atomic mass is 9.89. The number of hydrogen-bond acceptors (Lipinski definition) is 4. The molecule has 0 atom stereocenters. The SMILES string of the molecule is CC1(CNC(=O)Nc2ccc(OCc3cccs3)cc2)COC1. The van der Waals surface area contributed by atoms with Gasteiger partial charge in [0, 0.05) is 22.5 Å². The molecule has 23 heavy (non-hydrogen) atoms. The normalized spacial score (nSPS) is 15.5. The first-order valence-corrected chi connectivity index (χ1v) is 8.39. The highest BCUT2D eigenvalue weighted by Gasteiger charge is 2.33. The Morgan fingerprint density at radius 3 is 2.70 bits per heavy atom. The van der Waals surface area contributed by atoms with Crippen LogP contribution in [0, 0.1) is 5.41 Å². The fraction of sp³-hybridized carbons (Fsp3) is 0.353. The van der Waals surface area contributed by atoms with Gasteiger partial charge in [0.2, 0.25) is 0 Å². The summed E-state index contributed by atoms with van der Waals surface area (Å²) in [7, 11) is 0. The third-order valence-corrected chi connectivity index (χ3v) is 4.50. The van der Waals surface area contributed by atoms with E-state index in [0.717, 1.165) is 11.4 Å². The maximum atomic E-state index is 11.9. The molecule has 1 aromatic carbocycles. The second-order valence-corrected chi connectivity index (χ2v) is 7.04. The van der Waals surface area contributed by atoms with E-state index in [-0.39, 0.29) is 11.4 Å². The van der Waals surface area contributed by atoms with Gasteiger partial charge >= 0.3 is 6.03 Å². The van der Waals surface area contributed by atoms with Gasteiger partial charge in [-0.05, 0) is 35.7 Å². The fourth-order valence-electron chi connectivity index (χ4n) is 2.21. The van der Waals surface area contributed by atoms with Crippen molar-refractivity contribution in [2.24, 2.45) is 5.41 Å². The molecule has 0 spiro atoms. The third-order valence-electron chi connectivity index (χ3n) is 3.65. The number of benzene rings is 1. The van der Waals surface area contributed by atoms with E-state index in [4.69, 9.17) is 9.47 Å². The zero-order chi connectivity index (χ0) is 16.1. The molecule has 3 rings (SSSR count). The van der Waals surface area contributed by atoms with Crippen LogP contribution in [0.15, 0.2) is 41.8 Å². The summed E-state index contributed by atoms with van der Waals surface area (Å²) in [4.78, 5) is 13.1. The molecule has 6 heteroatoms. The first-order chi connectivity index (χ1) is 11.1. The number of thiophene rings is 1. The lowest BCUT2D eigenvalue weighted by Gasteiger charge is -2.37. The number of amides is 2. The van der Waals surface area contributed by atoms with Gasteiger partial charge in [-0.3, -0.25) is 0 Å². The molecule has 5 nitrogen and oxygen atoms in total. The van der Waals surface area contributed by atoms with Gasteiger partial charge in [0.1, 0.15) is 12.4 Å². The molecule has 2 heterocycles. The van der Waals surface area contributed by atoms with Crippen LogP contribution >= 0.6 is 11.3 Å². The summed E-state index contributed by atoms with van der Waals surface area (Å²) >= 11 is 1.67. The van der Waals surface area contributed by atoms with Gasteiger partial charge in [-0.15, -0.1) is 11.3 Å². The van der Waals surface area contributed by atoms with E-state index in [9.17, 15) is 4.79 Å². The number of anilines is 1. The first kappa shape index (κ1) is 15.8. The summed E-state index contributed by atoms with van der Waals surface area (Å²) in [5.41, 5.74) is 0.803. The van der Waals surface area contributed by atoms with Gasteiger partial charge in [-0.2, -0.15) is 0 Å².